The Kier molecular flexibility index (Phi) is 3.82. The molecule has 1 saturated heterocycles. The summed E-state index contributed by atoms with van der Waals surface area (Å²) in [6.07, 6.45) is 3.86. The first-order chi connectivity index (χ1) is 12.0. The lowest BCUT2D eigenvalue weighted by molar-refractivity contribution is -0.133. The summed E-state index contributed by atoms with van der Waals surface area (Å²) in [5.74, 6) is 0.481. The first-order valence-electron chi connectivity index (χ1n) is 8.79. The molecule has 3 aromatic rings. The summed E-state index contributed by atoms with van der Waals surface area (Å²) in [4.78, 5) is 30.3. The Morgan fingerprint density at radius 3 is 3.00 bits per heavy atom. The highest BCUT2D eigenvalue weighted by molar-refractivity contribution is 6.06. The van der Waals surface area contributed by atoms with Crippen LogP contribution in [0.25, 0.3) is 21.8 Å². The number of aryl methyl sites for hydroxylation is 1. The van der Waals surface area contributed by atoms with Crippen molar-refractivity contribution in [3.05, 3.63) is 40.3 Å². The van der Waals surface area contributed by atoms with E-state index in [1.54, 1.807) is 6.20 Å². The number of hydrogen-bond donors (Lipinski definition) is 1. The summed E-state index contributed by atoms with van der Waals surface area (Å²) in [6, 6.07) is 6.01. The maximum Gasteiger partial charge on any atom is 0.291 e. The fourth-order valence-corrected chi connectivity index (χ4v) is 3.69. The zero-order valence-corrected chi connectivity index (χ0v) is 14.6. The molecule has 1 aliphatic rings. The molecule has 1 aromatic carbocycles. The fraction of sp³-hybridized carbons (Fsp3) is 0.421. The van der Waals surface area contributed by atoms with E-state index in [1.807, 2.05) is 30.0 Å². The van der Waals surface area contributed by atoms with E-state index in [4.69, 9.17) is 0 Å². The number of H-pyrrole nitrogens is 1. The van der Waals surface area contributed by atoms with Crippen molar-refractivity contribution >= 4 is 27.7 Å². The summed E-state index contributed by atoms with van der Waals surface area (Å²) in [5, 5.41) is 6.04. The minimum Gasteiger partial charge on any atom is -0.350 e. The van der Waals surface area contributed by atoms with Gasteiger partial charge in [-0.1, -0.05) is 18.6 Å². The monoisotopic (exact) mass is 338 g/mol. The van der Waals surface area contributed by atoms with Crippen LogP contribution in [0.1, 0.15) is 25.3 Å². The van der Waals surface area contributed by atoms with Crippen LogP contribution in [-0.2, 0) is 11.3 Å². The van der Waals surface area contributed by atoms with Gasteiger partial charge >= 0.3 is 0 Å². The summed E-state index contributed by atoms with van der Waals surface area (Å²) in [6.45, 7) is 5.71. The number of aromatic amines is 1. The van der Waals surface area contributed by atoms with Crippen molar-refractivity contribution in [2.75, 3.05) is 13.1 Å². The lowest BCUT2D eigenvalue weighted by Gasteiger charge is -2.30. The van der Waals surface area contributed by atoms with Crippen molar-refractivity contribution in [2.24, 2.45) is 5.92 Å². The molecule has 1 atom stereocenters. The van der Waals surface area contributed by atoms with Crippen molar-refractivity contribution in [1.29, 1.82) is 0 Å². The molecule has 0 radical (unpaired) electrons. The second kappa shape index (κ2) is 6.02. The SMILES string of the molecule is Cc1ccc2[nH]c3c(=O)n(CC(=O)N4CCCC(C)C4)ncc3c2c1. The fourth-order valence-electron chi connectivity index (χ4n) is 3.69. The molecule has 0 bridgehead atoms. The molecule has 1 N–H and O–H groups in total. The van der Waals surface area contributed by atoms with Crippen molar-refractivity contribution in [1.82, 2.24) is 19.7 Å². The van der Waals surface area contributed by atoms with Gasteiger partial charge in [-0.2, -0.15) is 5.10 Å². The maximum absolute atomic E-state index is 12.8. The predicted molar refractivity (Wildman–Crippen MR) is 97.6 cm³/mol. The number of carbonyl (C=O) groups excluding carboxylic acids is 1. The van der Waals surface area contributed by atoms with Crippen molar-refractivity contribution < 1.29 is 4.79 Å². The minimum atomic E-state index is -0.246. The molecule has 1 unspecified atom stereocenters. The van der Waals surface area contributed by atoms with Crippen LogP contribution in [-0.4, -0.2) is 38.7 Å². The Labute approximate surface area is 145 Å². The maximum atomic E-state index is 12.8. The molecule has 1 amide bonds. The van der Waals surface area contributed by atoms with Gasteiger partial charge in [0, 0.05) is 29.4 Å². The van der Waals surface area contributed by atoms with Crippen LogP contribution < -0.4 is 5.56 Å². The van der Waals surface area contributed by atoms with Crippen LogP contribution >= 0.6 is 0 Å². The van der Waals surface area contributed by atoms with Crippen molar-refractivity contribution in [3.8, 4) is 0 Å². The van der Waals surface area contributed by atoms with Crippen LogP contribution in [0.15, 0.2) is 29.2 Å². The number of piperidine rings is 1. The number of nitrogens with zero attached hydrogens (tertiary/aromatic N) is 3. The predicted octanol–water partition coefficient (Wildman–Crippen LogP) is 2.44. The number of rotatable bonds is 2. The van der Waals surface area contributed by atoms with Gasteiger partial charge in [-0.3, -0.25) is 9.59 Å². The van der Waals surface area contributed by atoms with Crippen LogP contribution in [0.3, 0.4) is 0 Å². The second-order valence-electron chi connectivity index (χ2n) is 7.16. The van der Waals surface area contributed by atoms with E-state index in [1.165, 1.54) is 4.68 Å². The molecule has 130 valence electrons. The lowest BCUT2D eigenvalue weighted by atomic mass is 10.0. The van der Waals surface area contributed by atoms with Crippen LogP contribution in [0.4, 0.5) is 0 Å². The van der Waals surface area contributed by atoms with E-state index >= 15 is 0 Å². The number of fused-ring (bicyclic) bond motifs is 3. The third-order valence-electron chi connectivity index (χ3n) is 5.06. The molecule has 3 heterocycles. The highest BCUT2D eigenvalue weighted by Gasteiger charge is 2.22. The molecule has 25 heavy (non-hydrogen) atoms. The smallest absolute Gasteiger partial charge is 0.291 e. The number of likely N-dealkylation sites (tertiary alicyclic amines) is 1. The number of aromatic nitrogens is 3. The van der Waals surface area contributed by atoms with Crippen LogP contribution in [0, 0.1) is 12.8 Å². The van der Waals surface area contributed by atoms with Crippen LogP contribution in [0.2, 0.25) is 0 Å². The molecule has 1 fully saturated rings. The highest BCUT2D eigenvalue weighted by atomic mass is 16.2. The number of carbonyl (C=O) groups is 1. The normalized spacial score (nSPS) is 18.2. The van der Waals surface area contributed by atoms with E-state index in [9.17, 15) is 9.59 Å². The van der Waals surface area contributed by atoms with E-state index in [0.29, 0.717) is 11.4 Å². The Bertz CT molecular complexity index is 1020. The first kappa shape index (κ1) is 15.9. The third kappa shape index (κ3) is 2.81. The second-order valence-corrected chi connectivity index (χ2v) is 7.16. The van der Waals surface area contributed by atoms with Gasteiger partial charge in [-0.15, -0.1) is 0 Å². The number of benzene rings is 1. The van der Waals surface area contributed by atoms with Gasteiger partial charge in [0.15, 0.2) is 0 Å². The van der Waals surface area contributed by atoms with Gasteiger partial charge in [0.25, 0.3) is 5.56 Å². The average Bonchev–Trinajstić information content (AvgIpc) is 2.96. The molecule has 1 aliphatic heterocycles. The van der Waals surface area contributed by atoms with E-state index in [-0.39, 0.29) is 18.0 Å². The Balaban J connectivity index is 1.69. The lowest BCUT2D eigenvalue weighted by Crippen LogP contribution is -2.42. The van der Waals surface area contributed by atoms with E-state index < -0.39 is 0 Å². The Hall–Kier alpha value is -2.63. The third-order valence-corrected chi connectivity index (χ3v) is 5.06. The highest BCUT2D eigenvalue weighted by Crippen LogP contribution is 2.23. The van der Waals surface area contributed by atoms with E-state index in [0.717, 1.165) is 47.8 Å². The van der Waals surface area contributed by atoms with Gasteiger partial charge in [-0.25, -0.2) is 4.68 Å². The zero-order chi connectivity index (χ0) is 17.6. The summed E-state index contributed by atoms with van der Waals surface area (Å²) < 4.78 is 1.27. The molecule has 0 saturated carbocycles. The summed E-state index contributed by atoms with van der Waals surface area (Å²) in [7, 11) is 0. The first-order valence-corrected chi connectivity index (χ1v) is 8.79. The molecule has 0 aliphatic carbocycles. The van der Waals surface area contributed by atoms with E-state index in [2.05, 4.69) is 17.0 Å². The summed E-state index contributed by atoms with van der Waals surface area (Å²) in [5.41, 5.74) is 2.31. The topological polar surface area (TPSA) is 71.0 Å². The Morgan fingerprint density at radius 1 is 1.36 bits per heavy atom. The molecule has 2 aromatic heterocycles. The molecule has 4 rings (SSSR count). The van der Waals surface area contributed by atoms with Gasteiger partial charge in [-0.05, 0) is 37.8 Å². The molecule has 0 spiro atoms. The standard InChI is InChI=1S/C19H22N4O2/c1-12-5-6-16-14(8-12)15-9-20-23(19(25)18(15)21-16)11-17(24)22-7-3-4-13(2)10-22/h5-6,8-9,13,21H,3-4,7,10-11H2,1-2H3. The van der Waals surface area contributed by atoms with Gasteiger partial charge in [0.05, 0.1) is 6.20 Å². The van der Waals surface area contributed by atoms with Gasteiger partial charge in [0.2, 0.25) is 5.91 Å². The largest absolute Gasteiger partial charge is 0.350 e. The molecular formula is C19H22N4O2. The summed E-state index contributed by atoms with van der Waals surface area (Å²) >= 11 is 0. The number of amides is 1. The minimum absolute atomic E-state index is 0.00408. The molecule has 6 nitrogen and oxygen atoms in total. The van der Waals surface area contributed by atoms with Crippen molar-refractivity contribution in [3.63, 3.8) is 0 Å². The molecular weight excluding hydrogens is 316 g/mol. The van der Waals surface area contributed by atoms with Crippen molar-refractivity contribution in [2.45, 2.75) is 33.2 Å². The quantitative estimate of drug-likeness (QED) is 0.780. The van der Waals surface area contributed by atoms with Crippen LogP contribution in [0.5, 0.6) is 0 Å². The number of hydrogen-bond acceptors (Lipinski definition) is 3. The van der Waals surface area contributed by atoms with Gasteiger partial charge in [0.1, 0.15) is 12.1 Å². The van der Waals surface area contributed by atoms with Gasteiger partial charge < -0.3 is 9.88 Å². The zero-order valence-electron chi connectivity index (χ0n) is 14.6. The molecule has 6 heteroatoms. The Morgan fingerprint density at radius 2 is 2.20 bits per heavy atom. The average molecular weight is 338 g/mol. The number of nitrogens with one attached hydrogen (secondary N) is 1.